The summed E-state index contributed by atoms with van der Waals surface area (Å²) in [5.41, 5.74) is 0.965. The lowest BCUT2D eigenvalue weighted by Crippen LogP contribution is -2.41. The summed E-state index contributed by atoms with van der Waals surface area (Å²) in [4.78, 5) is 29.2. The van der Waals surface area contributed by atoms with Crippen LogP contribution in [0.3, 0.4) is 0 Å². The van der Waals surface area contributed by atoms with Crippen molar-refractivity contribution >= 4 is 45.0 Å². The van der Waals surface area contributed by atoms with Crippen LogP contribution < -0.4 is 15.4 Å². The number of amidine groups is 1. The van der Waals surface area contributed by atoms with Crippen molar-refractivity contribution in [2.24, 2.45) is 10.9 Å². The first-order valence-corrected chi connectivity index (χ1v) is 11.1. The third-order valence-corrected chi connectivity index (χ3v) is 6.03. The Labute approximate surface area is 179 Å². The van der Waals surface area contributed by atoms with Crippen molar-refractivity contribution in [2.75, 3.05) is 11.9 Å². The topological polar surface area (TPSA) is 117 Å². The van der Waals surface area contributed by atoms with Crippen molar-refractivity contribution in [3.63, 3.8) is 0 Å². The quantitative estimate of drug-likeness (QED) is 0.627. The van der Waals surface area contributed by atoms with E-state index in [9.17, 15) is 18.0 Å². The van der Waals surface area contributed by atoms with Crippen LogP contribution in [0.25, 0.3) is 0 Å². The van der Waals surface area contributed by atoms with Gasteiger partial charge >= 0.3 is 0 Å². The molecule has 1 aliphatic heterocycles. The molecule has 158 valence electrons. The van der Waals surface area contributed by atoms with Gasteiger partial charge in [0.15, 0.2) is 0 Å². The lowest BCUT2D eigenvalue weighted by atomic mass is 10.0. The van der Waals surface area contributed by atoms with E-state index in [0.29, 0.717) is 16.3 Å². The number of benzene rings is 2. The minimum Gasteiger partial charge on any atom is -0.345 e. The Morgan fingerprint density at radius 3 is 2.43 bits per heavy atom. The summed E-state index contributed by atoms with van der Waals surface area (Å²) in [6, 6.07) is 12.1. The van der Waals surface area contributed by atoms with E-state index in [0.717, 1.165) is 0 Å². The highest BCUT2D eigenvalue weighted by Crippen LogP contribution is 2.23. The standard InChI is InChI=1S/C20H21ClN4O4S/c1-12(2)18(24-19-15-5-3-4-6-16(15)30(28,29)25-19)20(27)22-11-17(26)23-14-9-7-13(21)8-10-14/h3-10,12,18H,11H2,1-2H3,(H,22,27)(H,23,26)(H,24,25)/t18-/m0/s1. The van der Waals surface area contributed by atoms with Crippen LogP contribution in [0, 0.1) is 5.92 Å². The molecule has 1 aliphatic rings. The van der Waals surface area contributed by atoms with Gasteiger partial charge in [-0.05, 0) is 42.3 Å². The van der Waals surface area contributed by atoms with Crippen LogP contribution in [0.4, 0.5) is 5.69 Å². The predicted octanol–water partition coefficient (Wildman–Crippen LogP) is 2.16. The average Bonchev–Trinajstić information content (AvgIpc) is 2.96. The SMILES string of the molecule is CC(C)[C@H](N=C1NS(=O)(=O)c2ccccc21)C(=O)NCC(=O)Nc1ccc(Cl)cc1. The maximum Gasteiger partial charge on any atom is 0.263 e. The molecular weight excluding hydrogens is 428 g/mol. The highest BCUT2D eigenvalue weighted by atomic mass is 35.5. The molecule has 10 heteroatoms. The fourth-order valence-corrected chi connectivity index (χ4v) is 4.25. The van der Waals surface area contributed by atoms with Crippen LogP contribution in [0.15, 0.2) is 58.4 Å². The lowest BCUT2D eigenvalue weighted by molar-refractivity contribution is -0.125. The number of hydrogen-bond donors (Lipinski definition) is 3. The van der Waals surface area contributed by atoms with Gasteiger partial charge in [0.05, 0.1) is 11.4 Å². The average molecular weight is 449 g/mol. The van der Waals surface area contributed by atoms with E-state index >= 15 is 0 Å². The first-order chi connectivity index (χ1) is 14.2. The molecule has 0 bridgehead atoms. The molecule has 1 heterocycles. The summed E-state index contributed by atoms with van der Waals surface area (Å²) in [7, 11) is -3.70. The molecule has 0 saturated carbocycles. The Balaban J connectivity index is 1.69. The number of rotatable bonds is 6. The van der Waals surface area contributed by atoms with Crippen LogP contribution in [0.1, 0.15) is 19.4 Å². The van der Waals surface area contributed by atoms with Gasteiger partial charge in [-0.1, -0.05) is 37.6 Å². The summed E-state index contributed by atoms with van der Waals surface area (Å²) >= 11 is 5.81. The van der Waals surface area contributed by atoms with Crippen molar-refractivity contribution in [3.05, 3.63) is 59.1 Å². The molecule has 0 fully saturated rings. The molecule has 0 radical (unpaired) electrons. The summed E-state index contributed by atoms with van der Waals surface area (Å²) < 4.78 is 26.9. The zero-order chi connectivity index (χ0) is 21.9. The third-order valence-electron chi connectivity index (χ3n) is 4.38. The smallest absolute Gasteiger partial charge is 0.263 e. The van der Waals surface area contributed by atoms with Crippen molar-refractivity contribution in [1.82, 2.24) is 10.0 Å². The first-order valence-electron chi connectivity index (χ1n) is 9.20. The maximum absolute atomic E-state index is 12.7. The Kier molecular flexibility index (Phi) is 6.42. The zero-order valence-electron chi connectivity index (χ0n) is 16.3. The van der Waals surface area contributed by atoms with Crippen molar-refractivity contribution in [2.45, 2.75) is 24.8 Å². The van der Waals surface area contributed by atoms with E-state index in [1.807, 2.05) is 0 Å². The van der Waals surface area contributed by atoms with E-state index in [1.165, 1.54) is 6.07 Å². The summed E-state index contributed by atoms with van der Waals surface area (Å²) in [6.45, 7) is 3.33. The second-order valence-electron chi connectivity index (χ2n) is 7.04. The number of nitrogens with one attached hydrogen (secondary N) is 3. The van der Waals surface area contributed by atoms with E-state index in [1.54, 1.807) is 56.3 Å². The van der Waals surface area contributed by atoms with Crippen molar-refractivity contribution in [1.29, 1.82) is 0 Å². The maximum atomic E-state index is 12.7. The molecule has 2 aromatic carbocycles. The monoisotopic (exact) mass is 448 g/mol. The number of anilines is 1. The number of nitrogens with zero attached hydrogens (tertiary/aromatic N) is 1. The number of fused-ring (bicyclic) bond motifs is 1. The lowest BCUT2D eigenvalue weighted by Gasteiger charge is -2.17. The van der Waals surface area contributed by atoms with Gasteiger partial charge in [-0.15, -0.1) is 0 Å². The second-order valence-corrected chi connectivity index (χ2v) is 9.13. The predicted molar refractivity (Wildman–Crippen MR) is 115 cm³/mol. The molecule has 3 N–H and O–H groups in total. The fraction of sp³-hybridized carbons (Fsp3) is 0.250. The Hall–Kier alpha value is -2.91. The van der Waals surface area contributed by atoms with Gasteiger partial charge < -0.3 is 10.6 Å². The van der Waals surface area contributed by atoms with Crippen molar-refractivity contribution < 1.29 is 18.0 Å². The van der Waals surface area contributed by atoms with E-state index in [4.69, 9.17) is 11.6 Å². The van der Waals surface area contributed by atoms with Gasteiger partial charge in [0.2, 0.25) is 11.8 Å². The molecule has 0 spiro atoms. The van der Waals surface area contributed by atoms with E-state index in [-0.39, 0.29) is 23.2 Å². The molecule has 8 nitrogen and oxygen atoms in total. The summed E-state index contributed by atoms with van der Waals surface area (Å²) in [5, 5.41) is 5.75. The number of aliphatic imine (C=N–C) groups is 1. The van der Waals surface area contributed by atoms with E-state index in [2.05, 4.69) is 20.3 Å². The van der Waals surface area contributed by atoms with Gasteiger partial charge in [-0.2, -0.15) is 0 Å². The third kappa shape index (κ3) is 4.98. The van der Waals surface area contributed by atoms with Crippen LogP contribution in [0.2, 0.25) is 5.02 Å². The molecule has 0 unspecified atom stereocenters. The molecule has 0 saturated heterocycles. The minimum atomic E-state index is -3.70. The number of halogens is 1. The zero-order valence-corrected chi connectivity index (χ0v) is 17.9. The Morgan fingerprint density at radius 2 is 1.77 bits per heavy atom. The molecule has 2 amide bonds. The summed E-state index contributed by atoms with van der Waals surface area (Å²) in [6.07, 6.45) is 0. The van der Waals surface area contributed by atoms with Crippen LogP contribution in [-0.4, -0.2) is 38.7 Å². The van der Waals surface area contributed by atoms with Gasteiger partial charge in [-0.3, -0.25) is 19.3 Å². The molecule has 2 aromatic rings. The first kappa shape index (κ1) is 21.8. The number of sulfonamides is 1. The molecule has 1 atom stereocenters. The molecular formula is C20H21ClN4O4S. The molecule has 0 aliphatic carbocycles. The number of carbonyl (C=O) groups is 2. The number of amides is 2. The van der Waals surface area contributed by atoms with Crippen LogP contribution in [0.5, 0.6) is 0 Å². The largest absolute Gasteiger partial charge is 0.345 e. The van der Waals surface area contributed by atoms with Gasteiger partial charge in [0.1, 0.15) is 11.9 Å². The summed E-state index contributed by atoms with van der Waals surface area (Å²) in [5.74, 6) is -1.00. The number of hydrogen-bond acceptors (Lipinski definition) is 5. The van der Waals surface area contributed by atoms with Crippen molar-refractivity contribution in [3.8, 4) is 0 Å². The van der Waals surface area contributed by atoms with Crippen LogP contribution in [-0.2, 0) is 19.6 Å². The second kappa shape index (κ2) is 8.85. The normalized spacial score (nSPS) is 16.6. The molecule has 3 rings (SSSR count). The highest BCUT2D eigenvalue weighted by molar-refractivity contribution is 7.90. The van der Waals surface area contributed by atoms with Gasteiger partial charge in [0.25, 0.3) is 10.0 Å². The highest BCUT2D eigenvalue weighted by Gasteiger charge is 2.32. The fourth-order valence-electron chi connectivity index (χ4n) is 2.89. The molecule has 30 heavy (non-hydrogen) atoms. The Bertz CT molecular complexity index is 1100. The minimum absolute atomic E-state index is 0.116. The number of carbonyl (C=O) groups excluding carboxylic acids is 2. The van der Waals surface area contributed by atoms with E-state index < -0.39 is 27.9 Å². The van der Waals surface area contributed by atoms with Gasteiger partial charge in [-0.25, -0.2) is 8.42 Å². The Morgan fingerprint density at radius 1 is 1.10 bits per heavy atom. The molecule has 0 aromatic heterocycles. The van der Waals surface area contributed by atoms with Crippen LogP contribution >= 0.6 is 11.6 Å². The van der Waals surface area contributed by atoms with Gasteiger partial charge in [0, 0.05) is 16.3 Å².